The van der Waals surface area contributed by atoms with Crippen molar-refractivity contribution < 1.29 is 31.2 Å². The average molecular weight is 520 g/mol. The lowest BCUT2D eigenvalue weighted by atomic mass is 10.1. The Kier molecular flexibility index (Phi) is 8.59. The number of nitrogens with one attached hydrogen (secondary N) is 1. The zero-order chi connectivity index (χ0) is 25.8. The van der Waals surface area contributed by atoms with E-state index in [1.165, 1.54) is 18.9 Å². The molecule has 1 N–H and O–H groups in total. The zero-order valence-corrected chi connectivity index (χ0v) is 20.6. The molecular weight excluding hydrogens is 495 g/mol. The van der Waals surface area contributed by atoms with Crippen molar-refractivity contribution in [2.75, 3.05) is 24.2 Å². The van der Waals surface area contributed by atoms with Crippen LogP contribution in [0.3, 0.4) is 0 Å². The van der Waals surface area contributed by atoms with Gasteiger partial charge in [-0.1, -0.05) is 41.4 Å². The standard InChI is InChI=1S/C22H25ClF3N3O4S/c1-14-6-5-7-16(10-14)12-28(15(2)21(31)27-3)20(30)13-29(34(4,32)33)17-8-9-19(23)18(11-17)22(24,25)26/h5-11,15H,12-13H2,1-4H3,(H,27,31)/t15-/m1/s1. The molecule has 0 heterocycles. The van der Waals surface area contributed by atoms with E-state index in [4.69, 9.17) is 11.6 Å². The summed E-state index contributed by atoms with van der Waals surface area (Å²) in [6.07, 6.45) is -4.06. The van der Waals surface area contributed by atoms with E-state index in [0.29, 0.717) is 15.9 Å². The van der Waals surface area contributed by atoms with Crippen molar-refractivity contribution in [3.63, 3.8) is 0 Å². The second-order valence-corrected chi connectivity index (χ2v) is 10.0. The molecular formula is C22H25ClF3N3O4S. The number of carbonyl (C=O) groups excluding carboxylic acids is 2. The van der Waals surface area contributed by atoms with Crippen LogP contribution < -0.4 is 9.62 Å². The molecule has 0 fully saturated rings. The minimum absolute atomic E-state index is 0.0128. The number of hydrogen-bond donors (Lipinski definition) is 1. The van der Waals surface area contributed by atoms with Crippen LogP contribution in [-0.2, 0) is 32.3 Å². The highest BCUT2D eigenvalue weighted by atomic mass is 35.5. The van der Waals surface area contributed by atoms with E-state index in [0.717, 1.165) is 24.0 Å². The molecule has 7 nitrogen and oxygen atoms in total. The molecule has 1 atom stereocenters. The lowest BCUT2D eigenvalue weighted by molar-refractivity contribution is -0.139. The monoisotopic (exact) mass is 519 g/mol. The highest BCUT2D eigenvalue weighted by Gasteiger charge is 2.35. The van der Waals surface area contributed by atoms with Crippen LogP contribution in [0, 0.1) is 6.92 Å². The van der Waals surface area contributed by atoms with Crippen LogP contribution in [0.15, 0.2) is 42.5 Å². The molecule has 2 rings (SSSR count). The van der Waals surface area contributed by atoms with Gasteiger partial charge in [0.05, 0.1) is 22.5 Å². The maximum atomic E-state index is 13.3. The average Bonchev–Trinajstić information content (AvgIpc) is 2.73. The van der Waals surface area contributed by atoms with Crippen molar-refractivity contribution in [2.24, 2.45) is 0 Å². The summed E-state index contributed by atoms with van der Waals surface area (Å²) in [7, 11) is -2.79. The lowest BCUT2D eigenvalue weighted by Crippen LogP contribution is -2.50. The fraction of sp³-hybridized carbons (Fsp3) is 0.364. The van der Waals surface area contributed by atoms with E-state index in [1.54, 1.807) is 18.2 Å². The number of sulfonamides is 1. The number of benzene rings is 2. The topological polar surface area (TPSA) is 86.8 Å². The SMILES string of the molecule is CNC(=O)[C@@H](C)N(Cc1cccc(C)c1)C(=O)CN(c1ccc(Cl)c(C(F)(F)F)c1)S(C)(=O)=O. The predicted octanol–water partition coefficient (Wildman–Crippen LogP) is 3.60. The molecule has 0 radical (unpaired) electrons. The van der Waals surface area contributed by atoms with Gasteiger partial charge in [0.1, 0.15) is 12.6 Å². The van der Waals surface area contributed by atoms with Crippen molar-refractivity contribution in [3.8, 4) is 0 Å². The molecule has 0 unspecified atom stereocenters. The molecule has 2 amide bonds. The Morgan fingerprint density at radius 1 is 1.15 bits per heavy atom. The van der Waals surface area contributed by atoms with Crippen LogP contribution in [-0.4, -0.2) is 51.0 Å². The van der Waals surface area contributed by atoms with E-state index >= 15 is 0 Å². The third kappa shape index (κ3) is 6.86. The van der Waals surface area contributed by atoms with Gasteiger partial charge in [0.2, 0.25) is 21.8 Å². The van der Waals surface area contributed by atoms with Gasteiger partial charge in [0.25, 0.3) is 0 Å². The molecule has 0 saturated heterocycles. The van der Waals surface area contributed by atoms with E-state index in [1.807, 2.05) is 13.0 Å². The first-order valence-corrected chi connectivity index (χ1v) is 12.3. The van der Waals surface area contributed by atoms with Crippen molar-refractivity contribution in [2.45, 2.75) is 32.6 Å². The Labute approximate surface area is 201 Å². The minimum Gasteiger partial charge on any atom is -0.357 e. The third-order valence-electron chi connectivity index (χ3n) is 5.07. The van der Waals surface area contributed by atoms with Gasteiger partial charge in [-0.05, 0) is 37.6 Å². The quantitative estimate of drug-likeness (QED) is 0.577. The van der Waals surface area contributed by atoms with Gasteiger partial charge in [-0.2, -0.15) is 13.2 Å². The summed E-state index contributed by atoms with van der Waals surface area (Å²) >= 11 is 5.64. The zero-order valence-electron chi connectivity index (χ0n) is 19.0. The Morgan fingerprint density at radius 2 is 1.79 bits per heavy atom. The molecule has 186 valence electrons. The summed E-state index contributed by atoms with van der Waals surface area (Å²) in [5.74, 6) is -1.26. The molecule has 2 aromatic rings. The van der Waals surface area contributed by atoms with Gasteiger partial charge in [-0.15, -0.1) is 0 Å². The number of rotatable bonds is 8. The summed E-state index contributed by atoms with van der Waals surface area (Å²) in [5, 5.41) is 1.83. The molecule has 0 bridgehead atoms. The summed E-state index contributed by atoms with van der Waals surface area (Å²) in [4.78, 5) is 26.7. The Morgan fingerprint density at radius 3 is 2.32 bits per heavy atom. The van der Waals surface area contributed by atoms with Crippen molar-refractivity contribution >= 4 is 39.1 Å². The maximum absolute atomic E-state index is 13.3. The van der Waals surface area contributed by atoms with Gasteiger partial charge >= 0.3 is 6.18 Å². The van der Waals surface area contributed by atoms with E-state index in [2.05, 4.69) is 5.32 Å². The smallest absolute Gasteiger partial charge is 0.357 e. The molecule has 0 saturated carbocycles. The number of amides is 2. The molecule has 12 heteroatoms. The second kappa shape index (κ2) is 10.6. The van der Waals surface area contributed by atoms with Gasteiger partial charge in [-0.3, -0.25) is 13.9 Å². The number of nitrogens with zero attached hydrogens (tertiary/aromatic N) is 2. The first-order valence-electron chi connectivity index (χ1n) is 10.1. The molecule has 0 spiro atoms. The van der Waals surface area contributed by atoms with Crippen molar-refractivity contribution in [1.82, 2.24) is 10.2 Å². The first-order chi connectivity index (χ1) is 15.6. The third-order valence-corrected chi connectivity index (χ3v) is 6.54. The van der Waals surface area contributed by atoms with Gasteiger partial charge in [-0.25, -0.2) is 8.42 Å². The summed E-state index contributed by atoms with van der Waals surface area (Å²) in [5.41, 5.74) is -0.00394. The van der Waals surface area contributed by atoms with Crippen LogP contribution in [0.25, 0.3) is 0 Å². The van der Waals surface area contributed by atoms with Crippen molar-refractivity contribution in [1.29, 1.82) is 0 Å². The largest absolute Gasteiger partial charge is 0.417 e. The number of halogens is 4. The molecule has 0 aliphatic carbocycles. The van der Waals surface area contributed by atoms with Gasteiger partial charge in [0, 0.05) is 13.6 Å². The number of aryl methyl sites for hydroxylation is 1. The molecule has 0 aromatic heterocycles. The fourth-order valence-electron chi connectivity index (χ4n) is 3.30. The number of carbonyl (C=O) groups is 2. The molecule has 34 heavy (non-hydrogen) atoms. The molecule has 0 aliphatic heterocycles. The predicted molar refractivity (Wildman–Crippen MR) is 124 cm³/mol. The molecule has 0 aliphatic rings. The highest BCUT2D eigenvalue weighted by molar-refractivity contribution is 7.92. The summed E-state index contributed by atoms with van der Waals surface area (Å²) in [6.45, 7) is 2.50. The number of hydrogen-bond acceptors (Lipinski definition) is 4. The summed E-state index contributed by atoms with van der Waals surface area (Å²) in [6, 6.07) is 8.76. The lowest BCUT2D eigenvalue weighted by Gasteiger charge is -2.31. The van der Waals surface area contributed by atoms with Gasteiger partial charge in [0.15, 0.2) is 0 Å². The Hall–Kier alpha value is -2.79. The van der Waals surface area contributed by atoms with Crippen LogP contribution in [0.5, 0.6) is 0 Å². The van der Waals surface area contributed by atoms with E-state index in [-0.39, 0.29) is 12.2 Å². The maximum Gasteiger partial charge on any atom is 0.417 e. The highest BCUT2D eigenvalue weighted by Crippen LogP contribution is 2.37. The van der Waals surface area contributed by atoms with Crippen molar-refractivity contribution in [3.05, 3.63) is 64.2 Å². The number of alkyl halides is 3. The summed E-state index contributed by atoms with van der Waals surface area (Å²) < 4.78 is 65.4. The minimum atomic E-state index is -4.83. The Bertz CT molecular complexity index is 1170. The molecule has 2 aromatic carbocycles. The fourth-order valence-corrected chi connectivity index (χ4v) is 4.36. The Balaban J connectivity index is 2.47. The van der Waals surface area contributed by atoms with Gasteiger partial charge < -0.3 is 10.2 Å². The first kappa shape index (κ1) is 27.5. The van der Waals surface area contributed by atoms with Crippen LogP contribution in [0.4, 0.5) is 18.9 Å². The van der Waals surface area contributed by atoms with Crippen LogP contribution in [0.1, 0.15) is 23.6 Å². The second-order valence-electron chi connectivity index (χ2n) is 7.73. The van der Waals surface area contributed by atoms with E-state index < -0.39 is 51.2 Å². The normalized spacial score (nSPS) is 12.7. The van der Waals surface area contributed by atoms with Crippen LogP contribution in [0.2, 0.25) is 5.02 Å². The van der Waals surface area contributed by atoms with Crippen LogP contribution >= 0.6 is 11.6 Å². The number of anilines is 1. The number of likely N-dealkylation sites (N-methyl/N-ethyl adjacent to an activating group) is 1. The van der Waals surface area contributed by atoms with E-state index in [9.17, 15) is 31.2 Å².